The van der Waals surface area contributed by atoms with Crippen molar-refractivity contribution in [2.45, 2.75) is 37.3 Å². The molecule has 4 heteroatoms. The van der Waals surface area contributed by atoms with Crippen molar-refractivity contribution in [2.75, 3.05) is 0 Å². The van der Waals surface area contributed by atoms with Crippen molar-refractivity contribution in [3.63, 3.8) is 0 Å². The maximum Gasteiger partial charge on any atom is 0.153 e. The number of rotatable bonds is 0. The van der Waals surface area contributed by atoms with Crippen molar-refractivity contribution < 1.29 is 5.11 Å². The Morgan fingerprint density at radius 3 is 2.88 bits per heavy atom. The summed E-state index contributed by atoms with van der Waals surface area (Å²) in [7, 11) is 0. The molecule has 1 aliphatic heterocycles. The van der Waals surface area contributed by atoms with Crippen LogP contribution >= 0.6 is 23.2 Å². The molecule has 2 fully saturated rings. The molecule has 17 heavy (non-hydrogen) atoms. The van der Waals surface area contributed by atoms with Gasteiger partial charge in [0.05, 0.1) is 10.0 Å². The first-order valence-electron chi connectivity index (χ1n) is 5.99. The number of nitrogens with one attached hydrogen (secondary N) is 1. The van der Waals surface area contributed by atoms with Crippen LogP contribution in [-0.4, -0.2) is 17.2 Å². The second-order valence-corrected chi connectivity index (χ2v) is 6.57. The largest absolute Gasteiger partial charge is 0.505 e. The van der Waals surface area contributed by atoms with Gasteiger partial charge in [-0.1, -0.05) is 30.1 Å². The highest BCUT2D eigenvalue weighted by atomic mass is 35.5. The van der Waals surface area contributed by atoms with E-state index in [-0.39, 0.29) is 11.2 Å². The fraction of sp³-hybridized carbons (Fsp3) is 0.538. The topological polar surface area (TPSA) is 32.3 Å². The van der Waals surface area contributed by atoms with Crippen molar-refractivity contribution in [3.8, 4) is 5.75 Å². The van der Waals surface area contributed by atoms with Gasteiger partial charge in [-0.2, -0.15) is 0 Å². The van der Waals surface area contributed by atoms with E-state index in [9.17, 15) is 5.11 Å². The number of benzene rings is 1. The third kappa shape index (κ3) is 1.04. The molecule has 0 spiro atoms. The van der Waals surface area contributed by atoms with Crippen molar-refractivity contribution in [1.29, 1.82) is 0 Å². The van der Waals surface area contributed by atoms with Crippen LogP contribution in [0.2, 0.25) is 10.0 Å². The molecule has 1 aromatic rings. The summed E-state index contributed by atoms with van der Waals surface area (Å²) >= 11 is 12.3. The number of aromatic hydroxyl groups is 1. The highest BCUT2D eigenvalue weighted by Crippen LogP contribution is 2.62. The highest BCUT2D eigenvalue weighted by molar-refractivity contribution is 6.37. The number of phenolic OH excluding ortho intramolecular Hbond substituents is 1. The zero-order chi connectivity index (χ0) is 11.9. The van der Waals surface area contributed by atoms with Crippen LogP contribution in [0.4, 0.5) is 0 Å². The minimum absolute atomic E-state index is 0.0440. The summed E-state index contributed by atoms with van der Waals surface area (Å²) in [5.74, 6) is 0.732. The Balaban J connectivity index is 1.98. The Hall–Kier alpha value is -0.440. The van der Waals surface area contributed by atoms with Gasteiger partial charge < -0.3 is 10.4 Å². The molecule has 0 amide bonds. The predicted molar refractivity (Wildman–Crippen MR) is 68.0 cm³/mol. The molecule has 4 rings (SSSR count). The molecule has 2 aliphatic carbocycles. The molecular weight excluding hydrogens is 257 g/mol. The van der Waals surface area contributed by atoms with Crippen LogP contribution in [-0.2, 0) is 11.8 Å². The zero-order valence-corrected chi connectivity index (χ0v) is 10.9. The lowest BCUT2D eigenvalue weighted by atomic mass is 9.44. The molecule has 4 atom stereocenters. The van der Waals surface area contributed by atoms with Gasteiger partial charge in [0.2, 0.25) is 0 Å². The van der Waals surface area contributed by atoms with E-state index in [1.807, 2.05) is 6.07 Å². The Kier molecular flexibility index (Phi) is 1.81. The molecule has 3 aliphatic rings. The fourth-order valence-electron chi connectivity index (χ4n) is 4.28. The van der Waals surface area contributed by atoms with Gasteiger partial charge in [-0.25, -0.2) is 0 Å². The predicted octanol–water partition coefficient (Wildman–Crippen LogP) is 2.87. The second kappa shape index (κ2) is 2.93. The number of piperidine rings is 1. The molecule has 1 saturated heterocycles. The Morgan fingerprint density at radius 2 is 2.18 bits per heavy atom. The number of phenols is 1. The van der Waals surface area contributed by atoms with E-state index in [1.54, 1.807) is 0 Å². The summed E-state index contributed by atoms with van der Waals surface area (Å²) in [6.07, 6.45) is 2.09. The number of halogens is 2. The SMILES string of the molecule is C[C@]12CC3N[C@H](Cc4cc(Cl)c(O)c(Cl)c41)[C@H]32. The minimum atomic E-state index is 0.0440. The highest BCUT2D eigenvalue weighted by Gasteiger charge is 2.64. The first-order chi connectivity index (χ1) is 8.02. The Bertz CT molecular complexity index is 545. The second-order valence-electron chi connectivity index (χ2n) is 5.79. The van der Waals surface area contributed by atoms with E-state index >= 15 is 0 Å². The number of hydrogen-bond donors (Lipinski definition) is 2. The maximum absolute atomic E-state index is 9.90. The lowest BCUT2D eigenvalue weighted by Gasteiger charge is -2.68. The average molecular weight is 270 g/mol. The Labute approximate surface area is 110 Å². The van der Waals surface area contributed by atoms with Crippen molar-refractivity contribution in [3.05, 3.63) is 27.2 Å². The molecule has 1 saturated carbocycles. The van der Waals surface area contributed by atoms with E-state index in [1.165, 1.54) is 5.56 Å². The lowest BCUT2D eigenvalue weighted by molar-refractivity contribution is -0.0584. The molecule has 2 nitrogen and oxygen atoms in total. The number of hydrogen-bond acceptors (Lipinski definition) is 2. The molecule has 90 valence electrons. The summed E-state index contributed by atoms with van der Waals surface area (Å²) < 4.78 is 0. The smallest absolute Gasteiger partial charge is 0.153 e. The van der Waals surface area contributed by atoms with Crippen LogP contribution in [0.3, 0.4) is 0 Å². The van der Waals surface area contributed by atoms with Crippen LogP contribution in [0, 0.1) is 5.92 Å². The van der Waals surface area contributed by atoms with Crippen molar-refractivity contribution in [2.24, 2.45) is 5.92 Å². The van der Waals surface area contributed by atoms with Gasteiger partial charge in [-0.3, -0.25) is 0 Å². The average Bonchev–Trinajstić information content (AvgIpc) is 2.21. The summed E-state index contributed by atoms with van der Waals surface area (Å²) in [6, 6.07) is 3.11. The molecule has 1 aromatic carbocycles. The van der Waals surface area contributed by atoms with Crippen LogP contribution in [0.1, 0.15) is 24.5 Å². The zero-order valence-electron chi connectivity index (χ0n) is 9.43. The van der Waals surface area contributed by atoms with Crippen LogP contribution in [0.25, 0.3) is 0 Å². The molecule has 0 radical (unpaired) electrons. The van der Waals surface area contributed by atoms with Crippen LogP contribution in [0.15, 0.2) is 6.07 Å². The van der Waals surface area contributed by atoms with Gasteiger partial charge in [0.15, 0.2) is 5.75 Å². The van der Waals surface area contributed by atoms with Crippen molar-refractivity contribution in [1.82, 2.24) is 5.32 Å². The van der Waals surface area contributed by atoms with Gasteiger partial charge >= 0.3 is 0 Å². The monoisotopic (exact) mass is 269 g/mol. The third-order valence-corrected chi connectivity index (χ3v) is 5.62. The summed E-state index contributed by atoms with van der Waals surface area (Å²) in [5, 5.41) is 14.3. The van der Waals surface area contributed by atoms with Gasteiger partial charge in [-0.15, -0.1) is 0 Å². The van der Waals surface area contributed by atoms with Crippen LogP contribution in [0.5, 0.6) is 5.75 Å². The quantitative estimate of drug-likeness (QED) is 0.759. The lowest BCUT2D eigenvalue weighted by Crippen LogP contribution is -2.78. The van der Waals surface area contributed by atoms with Gasteiger partial charge in [0, 0.05) is 17.5 Å². The van der Waals surface area contributed by atoms with Gasteiger partial charge in [-0.05, 0) is 36.0 Å². The van der Waals surface area contributed by atoms with E-state index < -0.39 is 0 Å². The molecule has 2 N–H and O–H groups in total. The van der Waals surface area contributed by atoms with E-state index in [4.69, 9.17) is 23.2 Å². The molecule has 0 bridgehead atoms. The van der Waals surface area contributed by atoms with Crippen molar-refractivity contribution >= 4 is 23.2 Å². The number of fused-ring (bicyclic) bond motifs is 2. The fourth-order valence-corrected chi connectivity index (χ4v) is 4.99. The van der Waals surface area contributed by atoms with Gasteiger partial charge in [0.25, 0.3) is 0 Å². The van der Waals surface area contributed by atoms with E-state index in [2.05, 4.69) is 12.2 Å². The first kappa shape index (κ1) is 10.5. The summed E-state index contributed by atoms with van der Waals surface area (Å²) in [5.41, 5.74) is 2.47. The normalized spacial score (nSPS) is 41.0. The van der Waals surface area contributed by atoms with E-state index in [0.29, 0.717) is 28.0 Å². The van der Waals surface area contributed by atoms with E-state index in [0.717, 1.165) is 18.4 Å². The summed E-state index contributed by atoms with van der Waals surface area (Å²) in [4.78, 5) is 0. The molecular formula is C13H13Cl2NO. The van der Waals surface area contributed by atoms with Crippen LogP contribution < -0.4 is 5.32 Å². The standard InChI is InChI=1S/C13H13Cl2NO/c1-13-4-8-10(13)7(16-8)3-5-2-6(14)12(17)11(15)9(5)13/h2,7-8,10,16-17H,3-4H2,1H3/t7-,8?,10-,13+/m1/s1. The minimum Gasteiger partial charge on any atom is -0.505 e. The molecule has 1 unspecified atom stereocenters. The first-order valence-corrected chi connectivity index (χ1v) is 6.74. The maximum atomic E-state index is 9.90. The third-order valence-electron chi connectivity index (χ3n) is 4.96. The van der Waals surface area contributed by atoms with Gasteiger partial charge in [0.1, 0.15) is 0 Å². The molecule has 0 aromatic heterocycles. The molecule has 1 heterocycles. The Morgan fingerprint density at radius 1 is 1.41 bits per heavy atom. The summed E-state index contributed by atoms with van der Waals surface area (Å²) in [6.45, 7) is 2.26.